The fraction of sp³-hybridized carbons (Fsp3) is 0. The molecule has 0 aliphatic carbocycles. The first-order valence-corrected chi connectivity index (χ1v) is 2.15. The van der Waals surface area contributed by atoms with Gasteiger partial charge in [0.2, 0.25) is 0 Å². The zero-order chi connectivity index (χ0) is 6.95. The molecule has 0 saturated carbocycles. The summed E-state index contributed by atoms with van der Waals surface area (Å²) >= 11 is 0. The highest BCUT2D eigenvalue weighted by Gasteiger charge is 1.83. The SMILES string of the molecule is F/C=C\OBO/C=C\F. The van der Waals surface area contributed by atoms with Gasteiger partial charge >= 0.3 is 7.69 Å². The maximum absolute atomic E-state index is 11.0. The topological polar surface area (TPSA) is 18.5 Å². The summed E-state index contributed by atoms with van der Waals surface area (Å²) in [6.45, 7) is 0. The minimum absolute atomic E-state index is 0.194. The van der Waals surface area contributed by atoms with Crippen molar-refractivity contribution in [2.24, 2.45) is 0 Å². The van der Waals surface area contributed by atoms with E-state index in [0.29, 0.717) is 0 Å². The van der Waals surface area contributed by atoms with Gasteiger partial charge in [0.1, 0.15) is 12.7 Å². The van der Waals surface area contributed by atoms with Crippen molar-refractivity contribution in [3.63, 3.8) is 0 Å². The minimum atomic E-state index is -0.194. The second kappa shape index (κ2) is 7.00. The monoisotopic (exact) mass is 134 g/mol. The van der Waals surface area contributed by atoms with Crippen molar-refractivity contribution in [2.75, 3.05) is 0 Å². The van der Waals surface area contributed by atoms with Crippen LogP contribution in [0.3, 0.4) is 0 Å². The Morgan fingerprint density at radius 3 is 1.78 bits per heavy atom. The van der Waals surface area contributed by atoms with Crippen molar-refractivity contribution >= 4 is 7.69 Å². The van der Waals surface area contributed by atoms with E-state index >= 15 is 0 Å². The Labute approximate surface area is 52.1 Å². The summed E-state index contributed by atoms with van der Waals surface area (Å²) in [7, 11) is -0.194. The summed E-state index contributed by atoms with van der Waals surface area (Å²) in [5, 5.41) is 0. The molecule has 0 N–H and O–H groups in total. The van der Waals surface area contributed by atoms with Crippen LogP contribution in [0.5, 0.6) is 0 Å². The van der Waals surface area contributed by atoms with Crippen LogP contribution in [-0.4, -0.2) is 7.69 Å². The number of halogens is 2. The molecule has 5 heteroatoms. The Morgan fingerprint density at radius 2 is 1.44 bits per heavy atom. The molecule has 0 rings (SSSR count). The van der Waals surface area contributed by atoms with Crippen molar-refractivity contribution in [3.05, 3.63) is 25.2 Å². The zero-order valence-electron chi connectivity index (χ0n) is 4.59. The van der Waals surface area contributed by atoms with Gasteiger partial charge in [0.15, 0.2) is 0 Å². The molecule has 0 saturated heterocycles. The van der Waals surface area contributed by atoms with E-state index in [1.807, 2.05) is 0 Å². The van der Waals surface area contributed by atoms with Crippen LogP contribution in [0.15, 0.2) is 25.2 Å². The fourth-order valence-corrected chi connectivity index (χ4v) is 0.191. The minimum Gasteiger partial charge on any atom is -0.532 e. The van der Waals surface area contributed by atoms with Gasteiger partial charge in [-0.3, -0.25) is 0 Å². The van der Waals surface area contributed by atoms with Crippen LogP contribution in [0.25, 0.3) is 0 Å². The van der Waals surface area contributed by atoms with Gasteiger partial charge in [-0.05, 0) is 0 Å². The summed E-state index contributed by atoms with van der Waals surface area (Å²) in [5.41, 5.74) is 0. The molecule has 0 atom stereocenters. The van der Waals surface area contributed by atoms with Gasteiger partial charge in [-0.25, -0.2) is 8.78 Å². The molecule has 2 nitrogen and oxygen atoms in total. The van der Waals surface area contributed by atoms with E-state index in [0.717, 1.165) is 12.5 Å². The molecule has 0 aromatic rings. The lowest BCUT2D eigenvalue weighted by Crippen LogP contribution is -1.92. The van der Waals surface area contributed by atoms with E-state index in [9.17, 15) is 8.78 Å². The summed E-state index contributed by atoms with van der Waals surface area (Å²) in [4.78, 5) is 0. The van der Waals surface area contributed by atoms with Crippen LogP contribution in [0.2, 0.25) is 0 Å². The van der Waals surface area contributed by atoms with Gasteiger partial charge < -0.3 is 9.31 Å². The highest BCUT2D eigenvalue weighted by atomic mass is 19.1. The average Bonchev–Trinajstić information content (AvgIpc) is 1.89. The quantitative estimate of drug-likeness (QED) is 0.326. The summed E-state index contributed by atoms with van der Waals surface area (Å²) in [6, 6.07) is 0. The third-order valence-corrected chi connectivity index (χ3v) is 0.431. The third kappa shape index (κ3) is 7.00. The van der Waals surface area contributed by atoms with Gasteiger partial charge in [-0.2, -0.15) is 0 Å². The van der Waals surface area contributed by atoms with E-state index in [1.165, 1.54) is 0 Å². The molecule has 0 amide bonds. The van der Waals surface area contributed by atoms with Gasteiger partial charge in [0.25, 0.3) is 0 Å². The van der Waals surface area contributed by atoms with Crippen LogP contribution >= 0.6 is 0 Å². The molecule has 0 aromatic carbocycles. The van der Waals surface area contributed by atoms with Crippen LogP contribution in [0.1, 0.15) is 0 Å². The standard InChI is InChI=1S/C4H5BF2O2/c6-1-3-8-5-9-4-2-7/h1-5H/b3-1-,4-2-. The van der Waals surface area contributed by atoms with Gasteiger partial charge in [0, 0.05) is 0 Å². The van der Waals surface area contributed by atoms with E-state index < -0.39 is 0 Å². The Hall–Kier alpha value is -0.995. The fourth-order valence-electron chi connectivity index (χ4n) is 0.191. The van der Waals surface area contributed by atoms with Crippen molar-refractivity contribution in [1.29, 1.82) is 0 Å². The second-order valence-corrected chi connectivity index (χ2v) is 0.975. The molecule has 0 aromatic heterocycles. The molecule has 9 heavy (non-hydrogen) atoms. The molecule has 0 aliphatic rings. The van der Waals surface area contributed by atoms with Crippen LogP contribution in [0.4, 0.5) is 8.78 Å². The normalized spacial score (nSPS) is 10.4. The molecule has 0 fully saturated rings. The molecular weight excluding hydrogens is 129 g/mol. The van der Waals surface area contributed by atoms with E-state index in [1.54, 1.807) is 0 Å². The Balaban J connectivity index is 2.91. The number of rotatable bonds is 4. The second-order valence-electron chi connectivity index (χ2n) is 0.975. The third-order valence-electron chi connectivity index (χ3n) is 0.431. The lowest BCUT2D eigenvalue weighted by molar-refractivity contribution is 0.366. The van der Waals surface area contributed by atoms with Crippen LogP contribution < -0.4 is 0 Å². The molecular formula is C4H5BF2O2. The maximum atomic E-state index is 11.0. The first-order valence-electron chi connectivity index (χ1n) is 2.15. The number of hydrogen-bond donors (Lipinski definition) is 0. The van der Waals surface area contributed by atoms with Crippen molar-refractivity contribution in [3.8, 4) is 0 Å². The van der Waals surface area contributed by atoms with Gasteiger partial charge in [0.05, 0.1) is 12.5 Å². The first kappa shape index (κ1) is 8.00. The molecule has 0 bridgehead atoms. The number of hydrogen-bond acceptors (Lipinski definition) is 2. The largest absolute Gasteiger partial charge is 0.575 e. The highest BCUT2D eigenvalue weighted by Crippen LogP contribution is 1.79. The average molecular weight is 134 g/mol. The van der Waals surface area contributed by atoms with E-state index in [2.05, 4.69) is 9.31 Å². The Bertz CT molecular complexity index is 92.7. The lowest BCUT2D eigenvalue weighted by Gasteiger charge is -1.93. The molecule has 0 radical (unpaired) electrons. The Morgan fingerprint density at radius 1 is 1.00 bits per heavy atom. The lowest BCUT2D eigenvalue weighted by atomic mass is 10.4. The van der Waals surface area contributed by atoms with Crippen molar-refractivity contribution in [2.45, 2.75) is 0 Å². The molecule has 0 spiro atoms. The van der Waals surface area contributed by atoms with Gasteiger partial charge in [-0.1, -0.05) is 0 Å². The zero-order valence-corrected chi connectivity index (χ0v) is 4.59. The highest BCUT2D eigenvalue weighted by molar-refractivity contribution is 6.18. The predicted molar refractivity (Wildman–Crippen MR) is 29.8 cm³/mol. The maximum Gasteiger partial charge on any atom is 0.575 e. The first-order chi connectivity index (χ1) is 4.41. The van der Waals surface area contributed by atoms with Crippen LogP contribution in [-0.2, 0) is 9.31 Å². The van der Waals surface area contributed by atoms with Crippen molar-refractivity contribution < 1.29 is 18.1 Å². The summed E-state index contributed by atoms with van der Waals surface area (Å²) in [6.07, 6.45) is 2.02. The van der Waals surface area contributed by atoms with Crippen molar-refractivity contribution in [1.82, 2.24) is 0 Å². The van der Waals surface area contributed by atoms with E-state index in [-0.39, 0.29) is 20.3 Å². The smallest absolute Gasteiger partial charge is 0.532 e. The van der Waals surface area contributed by atoms with Gasteiger partial charge in [-0.15, -0.1) is 0 Å². The van der Waals surface area contributed by atoms with Crippen LogP contribution in [0, 0.1) is 0 Å². The van der Waals surface area contributed by atoms with E-state index in [4.69, 9.17) is 0 Å². The summed E-state index contributed by atoms with van der Waals surface area (Å²) in [5.74, 6) is 0. The predicted octanol–water partition coefficient (Wildman–Crippen LogP) is 1.17. The molecule has 0 unspecified atom stereocenters. The molecule has 0 aliphatic heterocycles. The molecule has 50 valence electrons. The molecule has 0 heterocycles. The summed E-state index contributed by atoms with van der Waals surface area (Å²) < 4.78 is 30.7. The Kier molecular flexibility index (Phi) is 6.23.